The minimum atomic E-state index is -1.12. The average molecular weight is 409 g/mol. The molecule has 2 aliphatic rings. The van der Waals surface area contributed by atoms with Crippen LogP contribution >= 0.6 is 0 Å². The third kappa shape index (κ3) is 3.21. The van der Waals surface area contributed by atoms with Crippen LogP contribution < -0.4 is 10.1 Å². The lowest BCUT2D eigenvalue weighted by molar-refractivity contribution is -0.00951. The van der Waals surface area contributed by atoms with Crippen molar-refractivity contribution in [1.29, 1.82) is 0 Å². The molecule has 0 saturated carbocycles. The van der Waals surface area contributed by atoms with Gasteiger partial charge in [0.05, 0.1) is 16.9 Å². The fourth-order valence-electron chi connectivity index (χ4n) is 4.75. The molecule has 0 amide bonds. The van der Waals surface area contributed by atoms with Gasteiger partial charge in [-0.1, -0.05) is 0 Å². The van der Waals surface area contributed by atoms with Gasteiger partial charge in [-0.3, -0.25) is 0 Å². The van der Waals surface area contributed by atoms with Crippen molar-refractivity contribution in [3.63, 3.8) is 0 Å². The van der Waals surface area contributed by atoms with Crippen molar-refractivity contribution >= 4 is 0 Å². The lowest BCUT2D eigenvalue weighted by Gasteiger charge is -2.43. The second-order valence-electron chi connectivity index (χ2n) is 8.77. The van der Waals surface area contributed by atoms with Gasteiger partial charge in [0.15, 0.2) is 6.17 Å². The summed E-state index contributed by atoms with van der Waals surface area (Å²) in [6.45, 7) is 4.04. The van der Waals surface area contributed by atoms with Gasteiger partial charge in [0.1, 0.15) is 11.9 Å². The van der Waals surface area contributed by atoms with Crippen molar-refractivity contribution in [2.45, 2.75) is 56.5 Å². The van der Waals surface area contributed by atoms with Gasteiger partial charge < -0.3 is 15.2 Å². The highest BCUT2D eigenvalue weighted by atomic mass is 19.1. The van der Waals surface area contributed by atoms with Crippen molar-refractivity contribution in [1.82, 2.24) is 25.3 Å². The summed E-state index contributed by atoms with van der Waals surface area (Å²) in [6.07, 6.45) is 4.10. The summed E-state index contributed by atoms with van der Waals surface area (Å²) < 4.78 is 22.6. The summed E-state index contributed by atoms with van der Waals surface area (Å²) in [6, 6.07) is 10.4. The maximum atomic E-state index is 15.1. The molecule has 2 N–H and O–H groups in total. The van der Waals surface area contributed by atoms with Gasteiger partial charge in [-0.05, 0) is 51.0 Å². The SMILES string of the molecule is C[C@@]12CC[C@@](C)(N1)[C@@H](F)[C@@H](Oc1ccc(-c3ccc(-n4cccn4)cc3O)nn1)C2. The first-order valence-electron chi connectivity index (χ1n) is 10.1. The summed E-state index contributed by atoms with van der Waals surface area (Å²) in [7, 11) is 0. The maximum absolute atomic E-state index is 15.1. The van der Waals surface area contributed by atoms with Crippen molar-refractivity contribution in [3.05, 3.63) is 48.8 Å². The Bertz CT molecular complexity index is 1060. The summed E-state index contributed by atoms with van der Waals surface area (Å²) in [4.78, 5) is 0. The van der Waals surface area contributed by atoms with Crippen LogP contribution in [-0.2, 0) is 0 Å². The molecule has 7 nitrogen and oxygen atoms in total. The van der Waals surface area contributed by atoms with Gasteiger partial charge in [0, 0.05) is 42.0 Å². The molecule has 0 aliphatic carbocycles. The number of ether oxygens (including phenoxy) is 1. The molecule has 2 aliphatic heterocycles. The molecule has 4 atom stereocenters. The van der Waals surface area contributed by atoms with Crippen LogP contribution in [-0.4, -0.2) is 48.4 Å². The Balaban J connectivity index is 1.34. The van der Waals surface area contributed by atoms with Crippen LogP contribution in [0, 0.1) is 0 Å². The summed E-state index contributed by atoms with van der Waals surface area (Å²) in [5, 5.41) is 26.3. The van der Waals surface area contributed by atoms with E-state index in [-0.39, 0.29) is 17.2 Å². The molecule has 5 rings (SSSR count). The van der Waals surface area contributed by atoms with Gasteiger partial charge >= 0.3 is 0 Å². The Morgan fingerprint density at radius 2 is 2.07 bits per heavy atom. The molecule has 30 heavy (non-hydrogen) atoms. The van der Waals surface area contributed by atoms with Crippen molar-refractivity contribution < 1.29 is 14.2 Å². The molecule has 2 bridgehead atoms. The topological polar surface area (TPSA) is 85.1 Å². The fourth-order valence-corrected chi connectivity index (χ4v) is 4.75. The quantitative estimate of drug-likeness (QED) is 0.687. The number of nitrogens with one attached hydrogen (secondary N) is 1. The molecule has 0 radical (unpaired) electrons. The van der Waals surface area contributed by atoms with E-state index in [0.717, 1.165) is 18.5 Å². The van der Waals surface area contributed by atoms with Crippen molar-refractivity contribution in [2.24, 2.45) is 0 Å². The Hall–Kier alpha value is -3.00. The molecule has 2 aromatic heterocycles. The molecule has 0 unspecified atom stereocenters. The molecular formula is C22H24FN5O2. The molecule has 8 heteroatoms. The Morgan fingerprint density at radius 3 is 2.77 bits per heavy atom. The van der Waals surface area contributed by atoms with Crippen molar-refractivity contribution in [2.75, 3.05) is 0 Å². The minimum Gasteiger partial charge on any atom is -0.507 e. The predicted molar refractivity (Wildman–Crippen MR) is 109 cm³/mol. The number of hydrogen-bond donors (Lipinski definition) is 2. The third-order valence-corrected chi connectivity index (χ3v) is 6.31. The van der Waals surface area contributed by atoms with E-state index in [1.165, 1.54) is 0 Å². The monoisotopic (exact) mass is 409 g/mol. The van der Waals surface area contributed by atoms with Crippen LogP contribution in [0.3, 0.4) is 0 Å². The largest absolute Gasteiger partial charge is 0.507 e. The van der Waals surface area contributed by atoms with E-state index < -0.39 is 17.8 Å². The number of phenolic OH excluding ortho intramolecular Hbond substituents is 1. The van der Waals surface area contributed by atoms with Crippen LogP contribution in [0.25, 0.3) is 16.9 Å². The van der Waals surface area contributed by atoms with E-state index in [2.05, 4.69) is 27.5 Å². The molecule has 4 heterocycles. The summed E-state index contributed by atoms with van der Waals surface area (Å²) >= 11 is 0. The molecule has 1 aromatic carbocycles. The molecule has 2 fully saturated rings. The number of benzene rings is 1. The molecule has 0 spiro atoms. The van der Waals surface area contributed by atoms with Gasteiger partial charge in [0.2, 0.25) is 5.88 Å². The van der Waals surface area contributed by atoms with E-state index in [0.29, 0.717) is 17.7 Å². The smallest absolute Gasteiger partial charge is 0.233 e. The van der Waals surface area contributed by atoms with Crippen LogP contribution in [0.5, 0.6) is 11.6 Å². The lowest BCUT2D eigenvalue weighted by Crippen LogP contribution is -2.63. The summed E-state index contributed by atoms with van der Waals surface area (Å²) in [5.74, 6) is 0.359. The van der Waals surface area contributed by atoms with Gasteiger partial charge in [-0.2, -0.15) is 5.10 Å². The second kappa shape index (κ2) is 6.77. The van der Waals surface area contributed by atoms with E-state index in [4.69, 9.17) is 4.74 Å². The zero-order chi connectivity index (χ0) is 20.9. The number of aromatic hydroxyl groups is 1. The number of fused-ring (bicyclic) bond motifs is 2. The van der Waals surface area contributed by atoms with E-state index >= 15 is 4.39 Å². The fraction of sp³-hybridized carbons (Fsp3) is 0.409. The first-order chi connectivity index (χ1) is 14.4. The number of hydrogen-bond acceptors (Lipinski definition) is 6. The number of phenols is 1. The number of alkyl halides is 1. The predicted octanol–water partition coefficient (Wildman–Crippen LogP) is 3.42. The number of rotatable bonds is 4. The Kier molecular flexibility index (Phi) is 4.28. The maximum Gasteiger partial charge on any atom is 0.233 e. The van der Waals surface area contributed by atoms with E-state index in [1.807, 2.05) is 19.1 Å². The van der Waals surface area contributed by atoms with Crippen molar-refractivity contribution in [3.8, 4) is 28.6 Å². The van der Waals surface area contributed by atoms with E-state index in [9.17, 15) is 5.11 Å². The van der Waals surface area contributed by atoms with Gasteiger partial charge in [-0.15, -0.1) is 10.2 Å². The average Bonchev–Trinajstić information content (AvgIpc) is 3.34. The first-order valence-corrected chi connectivity index (χ1v) is 10.1. The van der Waals surface area contributed by atoms with Crippen LogP contribution in [0.2, 0.25) is 0 Å². The molecule has 156 valence electrons. The minimum absolute atomic E-state index is 0.0746. The van der Waals surface area contributed by atoms with Crippen LogP contribution in [0.15, 0.2) is 48.8 Å². The highest BCUT2D eigenvalue weighted by Crippen LogP contribution is 2.44. The highest BCUT2D eigenvalue weighted by molar-refractivity contribution is 5.68. The standard InChI is InChI=1S/C22H24FN5O2/c1-21-8-9-22(2,27-21)20(23)18(13-21)30-19-7-6-16(25-26-19)15-5-4-14(12-17(15)29)28-11-3-10-24-28/h3-7,10-12,18,20,27,29H,8-9,13H2,1-2H3/t18-,20-,21-,22+/m0/s1. The van der Waals surface area contributed by atoms with Crippen LogP contribution in [0.1, 0.15) is 33.1 Å². The van der Waals surface area contributed by atoms with Gasteiger partial charge in [-0.25, -0.2) is 9.07 Å². The Morgan fingerprint density at radius 1 is 1.20 bits per heavy atom. The lowest BCUT2D eigenvalue weighted by atomic mass is 9.85. The molecule has 3 aromatic rings. The Labute approximate surface area is 173 Å². The first kappa shape index (κ1) is 19.0. The third-order valence-electron chi connectivity index (χ3n) is 6.31. The highest BCUT2D eigenvalue weighted by Gasteiger charge is 2.56. The normalized spacial score (nSPS) is 30.4. The number of halogens is 1. The summed E-state index contributed by atoms with van der Waals surface area (Å²) in [5.41, 5.74) is 1.12. The number of nitrogens with zero attached hydrogens (tertiary/aromatic N) is 4. The van der Waals surface area contributed by atoms with Gasteiger partial charge in [0.25, 0.3) is 0 Å². The van der Waals surface area contributed by atoms with E-state index in [1.54, 1.807) is 41.3 Å². The zero-order valence-corrected chi connectivity index (χ0v) is 16.9. The molecule has 2 saturated heterocycles. The number of piperidine rings is 1. The number of aromatic nitrogens is 4. The molecular weight excluding hydrogens is 385 g/mol. The zero-order valence-electron chi connectivity index (χ0n) is 16.9. The van der Waals surface area contributed by atoms with Crippen LogP contribution in [0.4, 0.5) is 4.39 Å². The second-order valence-corrected chi connectivity index (χ2v) is 8.77.